The van der Waals surface area contributed by atoms with Gasteiger partial charge in [0.25, 0.3) is 5.91 Å². The number of halogens is 1. The summed E-state index contributed by atoms with van der Waals surface area (Å²) in [5, 5.41) is 3.11. The van der Waals surface area contributed by atoms with E-state index in [1.165, 1.54) is 23.5 Å². The molecule has 5 nitrogen and oxygen atoms in total. The molecular weight excluding hydrogens is 419 g/mol. The highest BCUT2D eigenvalue weighted by atomic mass is 19.1. The number of amides is 2. The van der Waals surface area contributed by atoms with Gasteiger partial charge in [0.1, 0.15) is 17.6 Å². The van der Waals surface area contributed by atoms with E-state index >= 15 is 0 Å². The number of carbonyl (C=O) groups is 2. The van der Waals surface area contributed by atoms with E-state index < -0.39 is 6.04 Å². The zero-order valence-corrected chi connectivity index (χ0v) is 19.9. The predicted octanol–water partition coefficient (Wildman–Crippen LogP) is 5.19. The van der Waals surface area contributed by atoms with Crippen molar-refractivity contribution >= 4 is 11.8 Å². The number of benzene rings is 2. The number of ether oxygens (including phenoxy) is 1. The van der Waals surface area contributed by atoms with Crippen molar-refractivity contribution in [1.29, 1.82) is 0 Å². The van der Waals surface area contributed by atoms with E-state index in [0.29, 0.717) is 5.75 Å². The summed E-state index contributed by atoms with van der Waals surface area (Å²) in [6.45, 7) is 5.91. The Morgan fingerprint density at radius 3 is 2.36 bits per heavy atom. The number of hydrogen-bond donors (Lipinski definition) is 1. The Balaban J connectivity index is 1.73. The van der Waals surface area contributed by atoms with E-state index in [4.69, 9.17) is 4.74 Å². The van der Waals surface area contributed by atoms with Crippen molar-refractivity contribution in [2.24, 2.45) is 0 Å². The van der Waals surface area contributed by atoms with Crippen LogP contribution in [0.4, 0.5) is 4.39 Å². The van der Waals surface area contributed by atoms with E-state index in [1.807, 2.05) is 24.3 Å². The molecule has 0 saturated heterocycles. The van der Waals surface area contributed by atoms with E-state index in [-0.39, 0.29) is 42.7 Å². The van der Waals surface area contributed by atoms with Crippen LogP contribution in [0.1, 0.15) is 69.9 Å². The van der Waals surface area contributed by atoms with Crippen LogP contribution in [0.15, 0.2) is 48.5 Å². The molecule has 1 unspecified atom stereocenters. The summed E-state index contributed by atoms with van der Waals surface area (Å²) in [5.74, 6) is 0.131. The highest BCUT2D eigenvalue weighted by Crippen LogP contribution is 2.26. The van der Waals surface area contributed by atoms with Gasteiger partial charge in [-0.2, -0.15) is 0 Å². The number of nitrogens with one attached hydrogen (secondary N) is 1. The van der Waals surface area contributed by atoms with Crippen molar-refractivity contribution in [2.75, 3.05) is 6.61 Å². The third-order valence-electron chi connectivity index (χ3n) is 6.28. The molecule has 0 aromatic heterocycles. The molecule has 1 aliphatic carbocycles. The van der Waals surface area contributed by atoms with Crippen molar-refractivity contribution in [1.82, 2.24) is 10.2 Å². The normalized spacial score (nSPS) is 15.2. The zero-order chi connectivity index (χ0) is 23.8. The first-order valence-corrected chi connectivity index (χ1v) is 11.9. The lowest BCUT2D eigenvalue weighted by molar-refractivity contribution is -0.142. The molecule has 1 fully saturated rings. The largest absolute Gasteiger partial charge is 0.483 e. The monoisotopic (exact) mass is 454 g/mol. The van der Waals surface area contributed by atoms with Crippen molar-refractivity contribution in [3.05, 3.63) is 65.5 Å². The number of nitrogens with zero attached hydrogens (tertiary/aromatic N) is 1. The maximum Gasteiger partial charge on any atom is 0.261 e. The predicted molar refractivity (Wildman–Crippen MR) is 127 cm³/mol. The second kappa shape index (κ2) is 11.8. The van der Waals surface area contributed by atoms with Crippen LogP contribution < -0.4 is 10.1 Å². The first-order valence-electron chi connectivity index (χ1n) is 11.9. The Morgan fingerprint density at radius 2 is 1.70 bits per heavy atom. The van der Waals surface area contributed by atoms with E-state index in [2.05, 4.69) is 19.2 Å². The van der Waals surface area contributed by atoms with E-state index in [0.717, 1.165) is 36.8 Å². The highest BCUT2D eigenvalue weighted by molar-refractivity contribution is 5.88. The van der Waals surface area contributed by atoms with Gasteiger partial charge in [0.05, 0.1) is 0 Å². The Labute approximate surface area is 196 Å². The molecule has 6 heteroatoms. The summed E-state index contributed by atoms with van der Waals surface area (Å²) in [6, 6.07) is 13.1. The van der Waals surface area contributed by atoms with Gasteiger partial charge in [0, 0.05) is 12.6 Å². The fourth-order valence-electron chi connectivity index (χ4n) is 4.25. The molecule has 2 aromatic rings. The molecule has 1 N–H and O–H groups in total. The lowest BCUT2D eigenvalue weighted by Crippen LogP contribution is -2.51. The molecule has 0 bridgehead atoms. The van der Waals surface area contributed by atoms with Crippen LogP contribution in [0.25, 0.3) is 0 Å². The Kier molecular flexibility index (Phi) is 8.87. The molecular formula is C27H35FN2O3. The average molecular weight is 455 g/mol. The maximum absolute atomic E-state index is 13.4. The lowest BCUT2D eigenvalue weighted by atomic mass is 9.95. The third-order valence-corrected chi connectivity index (χ3v) is 6.28. The van der Waals surface area contributed by atoms with E-state index in [9.17, 15) is 14.0 Å². The Bertz CT molecular complexity index is 923. The molecule has 1 saturated carbocycles. The lowest BCUT2D eigenvalue weighted by Gasteiger charge is -2.31. The van der Waals surface area contributed by atoms with Crippen molar-refractivity contribution in [3.8, 4) is 5.75 Å². The smallest absolute Gasteiger partial charge is 0.261 e. The molecule has 1 atom stereocenters. The standard InChI is InChI=1S/C27H35FN2O3/c1-19(2)24-11-7-8-12-25(24)33-18-26(31)30(17-21-13-15-22(28)16-14-21)20(3)27(32)29-23-9-5-4-6-10-23/h7-8,11-16,19-20,23H,4-6,9-10,17-18H2,1-3H3,(H,29,32). The van der Waals surface area contributed by atoms with Gasteiger partial charge in [-0.15, -0.1) is 0 Å². The summed E-state index contributed by atoms with van der Waals surface area (Å²) in [7, 11) is 0. The fourth-order valence-corrected chi connectivity index (χ4v) is 4.25. The molecule has 0 radical (unpaired) electrons. The summed E-state index contributed by atoms with van der Waals surface area (Å²) in [6.07, 6.45) is 5.37. The number of hydrogen-bond acceptors (Lipinski definition) is 3. The SMILES string of the molecule is CC(C)c1ccccc1OCC(=O)N(Cc1ccc(F)cc1)C(C)C(=O)NC1CCCCC1. The van der Waals surface area contributed by atoms with Gasteiger partial charge in [-0.1, -0.05) is 63.4 Å². The second-order valence-corrected chi connectivity index (χ2v) is 9.15. The first kappa shape index (κ1) is 24.7. The minimum atomic E-state index is -0.673. The fraction of sp³-hybridized carbons (Fsp3) is 0.481. The Hall–Kier alpha value is -2.89. The van der Waals surface area contributed by atoms with Gasteiger partial charge < -0.3 is 15.0 Å². The van der Waals surface area contributed by atoms with Gasteiger partial charge in [-0.3, -0.25) is 9.59 Å². The minimum absolute atomic E-state index is 0.158. The molecule has 0 spiro atoms. The summed E-state index contributed by atoms with van der Waals surface area (Å²) in [5.41, 5.74) is 1.78. The molecule has 178 valence electrons. The van der Waals surface area contributed by atoms with Crippen LogP contribution in [-0.2, 0) is 16.1 Å². The van der Waals surface area contributed by atoms with Gasteiger partial charge in [-0.25, -0.2) is 4.39 Å². The Morgan fingerprint density at radius 1 is 1.03 bits per heavy atom. The van der Waals surface area contributed by atoms with Gasteiger partial charge in [0.2, 0.25) is 5.91 Å². The maximum atomic E-state index is 13.4. The number of carbonyl (C=O) groups excluding carboxylic acids is 2. The zero-order valence-electron chi connectivity index (χ0n) is 19.9. The molecule has 3 rings (SSSR count). The van der Waals surface area contributed by atoms with Crippen molar-refractivity contribution in [2.45, 2.75) is 77.4 Å². The van der Waals surface area contributed by atoms with Gasteiger partial charge >= 0.3 is 0 Å². The molecule has 0 aliphatic heterocycles. The van der Waals surface area contributed by atoms with Crippen LogP contribution in [0.2, 0.25) is 0 Å². The molecule has 0 heterocycles. The number of para-hydroxylation sites is 1. The van der Waals surface area contributed by atoms with Crippen molar-refractivity contribution < 1.29 is 18.7 Å². The van der Waals surface area contributed by atoms with Gasteiger partial charge in [-0.05, 0) is 55.0 Å². The first-order chi connectivity index (χ1) is 15.8. The summed E-state index contributed by atoms with van der Waals surface area (Å²) >= 11 is 0. The number of rotatable bonds is 9. The van der Waals surface area contributed by atoms with Crippen molar-refractivity contribution in [3.63, 3.8) is 0 Å². The summed E-state index contributed by atoms with van der Waals surface area (Å²) < 4.78 is 19.3. The van der Waals surface area contributed by atoms with Crippen LogP contribution >= 0.6 is 0 Å². The van der Waals surface area contributed by atoms with Gasteiger partial charge in [0.15, 0.2) is 6.61 Å². The third kappa shape index (κ3) is 7.04. The molecule has 2 amide bonds. The molecule has 33 heavy (non-hydrogen) atoms. The van der Waals surface area contributed by atoms with Crippen LogP contribution in [0, 0.1) is 5.82 Å². The topological polar surface area (TPSA) is 58.6 Å². The molecule has 2 aromatic carbocycles. The van der Waals surface area contributed by atoms with Crippen LogP contribution in [0.3, 0.4) is 0 Å². The van der Waals surface area contributed by atoms with E-state index in [1.54, 1.807) is 19.1 Å². The summed E-state index contributed by atoms with van der Waals surface area (Å²) in [4.78, 5) is 27.8. The van der Waals surface area contributed by atoms with Crippen LogP contribution in [0.5, 0.6) is 5.75 Å². The highest BCUT2D eigenvalue weighted by Gasteiger charge is 2.28. The van der Waals surface area contributed by atoms with Crippen LogP contribution in [-0.4, -0.2) is 35.4 Å². The minimum Gasteiger partial charge on any atom is -0.483 e. The quantitative estimate of drug-likeness (QED) is 0.567. The molecule has 1 aliphatic rings. The second-order valence-electron chi connectivity index (χ2n) is 9.15. The average Bonchev–Trinajstić information content (AvgIpc) is 2.82.